The van der Waals surface area contributed by atoms with E-state index in [4.69, 9.17) is 5.26 Å². The standard InChI is InChI=1S/C9H19N3/c1-11-7-5-9-12(2)8-4-3-6-10/h11H,3-5,7-9H2,1-2H3. The minimum Gasteiger partial charge on any atom is -0.320 e. The maximum absolute atomic E-state index is 8.31. The minimum atomic E-state index is 0.677. The summed E-state index contributed by atoms with van der Waals surface area (Å²) >= 11 is 0. The maximum Gasteiger partial charge on any atom is 0.0622 e. The Morgan fingerprint density at radius 1 is 1.33 bits per heavy atom. The Balaban J connectivity index is 3.11. The van der Waals surface area contributed by atoms with E-state index < -0.39 is 0 Å². The van der Waals surface area contributed by atoms with Crippen LogP contribution in [0.2, 0.25) is 0 Å². The summed E-state index contributed by atoms with van der Waals surface area (Å²) in [5, 5.41) is 11.4. The third-order valence-corrected chi connectivity index (χ3v) is 1.80. The monoisotopic (exact) mass is 169 g/mol. The highest BCUT2D eigenvalue weighted by molar-refractivity contribution is 4.69. The highest BCUT2D eigenvalue weighted by Gasteiger charge is 1.96. The molecular formula is C9H19N3. The summed E-state index contributed by atoms with van der Waals surface area (Å²) in [5.41, 5.74) is 0. The number of nitrogens with one attached hydrogen (secondary N) is 1. The number of hydrogen-bond acceptors (Lipinski definition) is 3. The van der Waals surface area contributed by atoms with Gasteiger partial charge >= 0.3 is 0 Å². The second-order valence-electron chi connectivity index (χ2n) is 3.02. The van der Waals surface area contributed by atoms with Crippen LogP contribution in [0.5, 0.6) is 0 Å². The predicted molar refractivity (Wildman–Crippen MR) is 50.9 cm³/mol. The van der Waals surface area contributed by atoms with E-state index in [0.717, 1.165) is 26.1 Å². The van der Waals surface area contributed by atoms with E-state index in [0.29, 0.717) is 6.42 Å². The summed E-state index contributed by atoms with van der Waals surface area (Å²) in [6, 6.07) is 2.15. The van der Waals surface area contributed by atoms with Crippen LogP contribution < -0.4 is 5.32 Å². The number of rotatable bonds is 7. The van der Waals surface area contributed by atoms with Crippen LogP contribution in [0.25, 0.3) is 0 Å². The predicted octanol–water partition coefficient (Wildman–Crippen LogP) is 0.831. The fraction of sp³-hybridized carbons (Fsp3) is 0.889. The van der Waals surface area contributed by atoms with Crippen LogP contribution in [0.15, 0.2) is 0 Å². The summed E-state index contributed by atoms with van der Waals surface area (Å²) in [4.78, 5) is 2.27. The van der Waals surface area contributed by atoms with Crippen molar-refractivity contribution in [3.63, 3.8) is 0 Å². The SMILES string of the molecule is CNCCCN(C)CCCC#N. The van der Waals surface area contributed by atoms with Crippen LogP contribution >= 0.6 is 0 Å². The van der Waals surface area contributed by atoms with Crippen LogP contribution in [0, 0.1) is 11.3 Å². The molecule has 0 spiro atoms. The van der Waals surface area contributed by atoms with Gasteiger partial charge in [-0.2, -0.15) is 5.26 Å². The topological polar surface area (TPSA) is 39.1 Å². The molecule has 0 bridgehead atoms. The number of nitrogens with zero attached hydrogens (tertiary/aromatic N) is 2. The van der Waals surface area contributed by atoms with Gasteiger partial charge in [0.15, 0.2) is 0 Å². The summed E-state index contributed by atoms with van der Waals surface area (Å²) in [7, 11) is 4.07. The van der Waals surface area contributed by atoms with Gasteiger partial charge in [-0.1, -0.05) is 0 Å². The van der Waals surface area contributed by atoms with Crippen LogP contribution in [0.3, 0.4) is 0 Å². The Morgan fingerprint density at radius 3 is 2.58 bits per heavy atom. The first-order chi connectivity index (χ1) is 5.81. The van der Waals surface area contributed by atoms with Crippen LogP contribution in [-0.4, -0.2) is 38.6 Å². The van der Waals surface area contributed by atoms with Gasteiger partial charge in [-0.15, -0.1) is 0 Å². The zero-order chi connectivity index (χ0) is 9.23. The molecule has 0 saturated heterocycles. The molecule has 0 unspecified atom stereocenters. The van der Waals surface area contributed by atoms with Gasteiger partial charge in [-0.05, 0) is 46.6 Å². The molecule has 0 aliphatic rings. The molecule has 0 heterocycles. The normalized spacial score (nSPS) is 10.2. The Bertz CT molecular complexity index is 128. The quantitative estimate of drug-likeness (QED) is 0.574. The maximum atomic E-state index is 8.31. The summed E-state index contributed by atoms with van der Waals surface area (Å²) in [6.45, 7) is 3.23. The molecule has 0 atom stereocenters. The van der Waals surface area contributed by atoms with E-state index in [-0.39, 0.29) is 0 Å². The van der Waals surface area contributed by atoms with Gasteiger partial charge in [-0.25, -0.2) is 0 Å². The van der Waals surface area contributed by atoms with Crippen molar-refractivity contribution in [2.45, 2.75) is 19.3 Å². The second kappa shape index (κ2) is 8.51. The van der Waals surface area contributed by atoms with Gasteiger partial charge in [0.05, 0.1) is 6.07 Å². The molecule has 0 fully saturated rings. The summed E-state index contributed by atoms with van der Waals surface area (Å²) < 4.78 is 0. The van der Waals surface area contributed by atoms with Crippen molar-refractivity contribution in [3.8, 4) is 6.07 Å². The van der Waals surface area contributed by atoms with Crippen molar-refractivity contribution >= 4 is 0 Å². The fourth-order valence-electron chi connectivity index (χ4n) is 1.07. The van der Waals surface area contributed by atoms with E-state index in [2.05, 4.69) is 23.3 Å². The van der Waals surface area contributed by atoms with Gasteiger partial charge in [0.2, 0.25) is 0 Å². The Kier molecular flexibility index (Phi) is 8.09. The molecule has 3 heteroatoms. The summed E-state index contributed by atoms with van der Waals surface area (Å²) in [6.07, 6.45) is 2.85. The molecule has 0 aromatic carbocycles. The summed E-state index contributed by atoms with van der Waals surface area (Å²) in [5.74, 6) is 0. The Morgan fingerprint density at radius 2 is 2.00 bits per heavy atom. The first-order valence-electron chi connectivity index (χ1n) is 4.51. The number of nitriles is 1. The van der Waals surface area contributed by atoms with E-state index in [1.807, 2.05) is 7.05 Å². The molecular weight excluding hydrogens is 150 g/mol. The molecule has 12 heavy (non-hydrogen) atoms. The van der Waals surface area contributed by atoms with Crippen molar-refractivity contribution in [1.82, 2.24) is 10.2 Å². The van der Waals surface area contributed by atoms with Gasteiger partial charge in [0, 0.05) is 6.42 Å². The average molecular weight is 169 g/mol. The largest absolute Gasteiger partial charge is 0.320 e. The van der Waals surface area contributed by atoms with Crippen molar-refractivity contribution in [2.75, 3.05) is 33.7 Å². The van der Waals surface area contributed by atoms with Gasteiger partial charge in [0.25, 0.3) is 0 Å². The molecule has 0 radical (unpaired) electrons. The van der Waals surface area contributed by atoms with Gasteiger partial charge in [-0.3, -0.25) is 0 Å². The Labute approximate surface area is 75.4 Å². The lowest BCUT2D eigenvalue weighted by Crippen LogP contribution is -2.23. The molecule has 70 valence electrons. The van der Waals surface area contributed by atoms with Crippen LogP contribution in [0.4, 0.5) is 0 Å². The zero-order valence-corrected chi connectivity index (χ0v) is 8.14. The first kappa shape index (κ1) is 11.4. The highest BCUT2D eigenvalue weighted by atomic mass is 15.1. The molecule has 0 aromatic rings. The Hall–Kier alpha value is -0.590. The smallest absolute Gasteiger partial charge is 0.0622 e. The molecule has 0 saturated carbocycles. The lowest BCUT2D eigenvalue weighted by Gasteiger charge is -2.14. The van der Waals surface area contributed by atoms with E-state index in [9.17, 15) is 0 Å². The molecule has 0 aliphatic heterocycles. The van der Waals surface area contributed by atoms with E-state index in [1.165, 1.54) is 6.42 Å². The molecule has 0 aromatic heterocycles. The van der Waals surface area contributed by atoms with Crippen LogP contribution in [0.1, 0.15) is 19.3 Å². The van der Waals surface area contributed by atoms with Crippen molar-refractivity contribution in [1.29, 1.82) is 5.26 Å². The molecule has 3 nitrogen and oxygen atoms in total. The van der Waals surface area contributed by atoms with Gasteiger partial charge in [0.1, 0.15) is 0 Å². The van der Waals surface area contributed by atoms with Crippen molar-refractivity contribution in [2.24, 2.45) is 0 Å². The number of hydrogen-bond donors (Lipinski definition) is 1. The van der Waals surface area contributed by atoms with Gasteiger partial charge < -0.3 is 10.2 Å². The van der Waals surface area contributed by atoms with Crippen molar-refractivity contribution in [3.05, 3.63) is 0 Å². The highest BCUT2D eigenvalue weighted by Crippen LogP contribution is 1.92. The zero-order valence-electron chi connectivity index (χ0n) is 8.14. The first-order valence-corrected chi connectivity index (χ1v) is 4.51. The van der Waals surface area contributed by atoms with Crippen LogP contribution in [-0.2, 0) is 0 Å². The molecule has 0 aliphatic carbocycles. The second-order valence-corrected chi connectivity index (χ2v) is 3.02. The average Bonchev–Trinajstić information content (AvgIpc) is 2.06. The molecule has 0 amide bonds. The molecule has 0 rings (SSSR count). The lowest BCUT2D eigenvalue weighted by atomic mass is 10.3. The fourth-order valence-corrected chi connectivity index (χ4v) is 1.07. The third-order valence-electron chi connectivity index (χ3n) is 1.80. The lowest BCUT2D eigenvalue weighted by molar-refractivity contribution is 0.325. The van der Waals surface area contributed by atoms with E-state index >= 15 is 0 Å². The minimum absolute atomic E-state index is 0.677. The molecule has 1 N–H and O–H groups in total. The van der Waals surface area contributed by atoms with E-state index in [1.54, 1.807) is 0 Å². The third kappa shape index (κ3) is 7.52. The van der Waals surface area contributed by atoms with Crippen molar-refractivity contribution < 1.29 is 0 Å². The number of unbranched alkanes of at least 4 members (excludes halogenated alkanes) is 1.